The fourth-order valence-electron chi connectivity index (χ4n) is 1.12. The normalized spacial score (nSPS) is 12.1. The van der Waals surface area contributed by atoms with E-state index in [-0.39, 0.29) is 5.39 Å². The number of benzene rings is 1. The number of aromatic amines is 1. The maximum atomic E-state index is 12.6. The summed E-state index contributed by atoms with van der Waals surface area (Å²) < 4.78 is 33.7. The van der Waals surface area contributed by atoms with Gasteiger partial charge < -0.3 is 0 Å². The Morgan fingerprint density at radius 3 is 2.69 bits per heavy atom. The van der Waals surface area contributed by atoms with Gasteiger partial charge in [0.1, 0.15) is 0 Å². The van der Waals surface area contributed by atoms with Crippen molar-refractivity contribution in [2.24, 2.45) is 0 Å². The van der Waals surface area contributed by atoms with Crippen molar-refractivity contribution in [1.82, 2.24) is 10.2 Å². The average Bonchev–Trinajstić information content (AvgIpc) is 2.45. The number of halogens is 1. The molecular weight excluding hydrogens is 195 g/mol. The summed E-state index contributed by atoms with van der Waals surface area (Å²) in [6.45, 7) is 0. The Labute approximate surface area is 73.6 Å². The fourth-order valence-corrected chi connectivity index (χ4v) is 1.71. The second kappa shape index (κ2) is 2.53. The van der Waals surface area contributed by atoms with E-state index in [0.717, 1.165) is 0 Å². The molecule has 1 aromatic carbocycles. The third kappa shape index (κ3) is 1.29. The average molecular weight is 200 g/mol. The van der Waals surface area contributed by atoms with Gasteiger partial charge in [0.05, 0.1) is 5.52 Å². The minimum absolute atomic E-state index is 0.269. The van der Waals surface area contributed by atoms with E-state index in [0.29, 0.717) is 5.52 Å². The summed E-state index contributed by atoms with van der Waals surface area (Å²) >= 11 is 0. The zero-order valence-corrected chi connectivity index (χ0v) is 7.18. The third-order valence-corrected chi connectivity index (χ3v) is 2.47. The van der Waals surface area contributed by atoms with E-state index in [4.69, 9.17) is 0 Å². The molecule has 0 aliphatic rings. The molecule has 1 N–H and O–H groups in total. The first kappa shape index (κ1) is 8.18. The zero-order chi connectivity index (χ0) is 9.47. The van der Waals surface area contributed by atoms with E-state index in [9.17, 15) is 12.3 Å². The molecule has 0 aliphatic heterocycles. The van der Waals surface area contributed by atoms with E-state index in [2.05, 4.69) is 10.2 Å². The molecule has 0 saturated carbocycles. The van der Waals surface area contributed by atoms with Crippen LogP contribution in [-0.2, 0) is 10.2 Å². The predicted molar refractivity (Wildman–Crippen MR) is 44.4 cm³/mol. The highest BCUT2D eigenvalue weighted by molar-refractivity contribution is 7.86. The molecule has 0 radical (unpaired) electrons. The molecule has 6 heteroatoms. The van der Waals surface area contributed by atoms with Gasteiger partial charge in [-0.05, 0) is 12.1 Å². The van der Waals surface area contributed by atoms with Gasteiger partial charge in [-0.2, -0.15) is 13.5 Å². The first-order valence-corrected chi connectivity index (χ1v) is 4.85. The van der Waals surface area contributed by atoms with E-state index >= 15 is 0 Å². The smallest absolute Gasteiger partial charge is 0.264 e. The van der Waals surface area contributed by atoms with Gasteiger partial charge in [0.25, 0.3) is 0 Å². The molecule has 0 atom stereocenters. The molecule has 0 bridgehead atoms. The number of para-hydroxylation sites is 1. The second-order valence-corrected chi connectivity index (χ2v) is 3.79. The Morgan fingerprint density at radius 1 is 1.31 bits per heavy atom. The number of nitrogens with one attached hydrogen (secondary N) is 1. The lowest BCUT2D eigenvalue weighted by molar-refractivity contribution is 0.548. The van der Waals surface area contributed by atoms with Gasteiger partial charge in [0, 0.05) is 5.39 Å². The number of nitrogens with zero attached hydrogens (tertiary/aromatic N) is 1. The quantitative estimate of drug-likeness (QED) is 0.704. The van der Waals surface area contributed by atoms with E-state index in [1.165, 1.54) is 6.07 Å². The molecule has 0 spiro atoms. The molecule has 2 aromatic rings. The second-order valence-electron chi connectivity index (χ2n) is 2.51. The van der Waals surface area contributed by atoms with Gasteiger partial charge in [-0.15, -0.1) is 0 Å². The molecule has 0 amide bonds. The molecule has 1 heterocycles. The number of fused-ring (bicyclic) bond motifs is 1. The largest absolute Gasteiger partial charge is 0.349 e. The molecule has 13 heavy (non-hydrogen) atoms. The van der Waals surface area contributed by atoms with Crippen LogP contribution in [0.25, 0.3) is 10.9 Å². The van der Waals surface area contributed by atoms with Crippen LogP contribution in [0.3, 0.4) is 0 Å². The summed E-state index contributed by atoms with van der Waals surface area (Å²) in [5.74, 6) is 0. The maximum absolute atomic E-state index is 12.6. The van der Waals surface area contributed by atoms with Crippen LogP contribution in [0, 0.1) is 0 Å². The molecular formula is C7H5FN2O2S. The standard InChI is InChI=1S/C7H5FN2O2S/c8-13(11,12)7-5-3-1-2-4-6(5)9-10-7/h1-4H,(H,9,10). The molecule has 0 unspecified atom stereocenters. The summed E-state index contributed by atoms with van der Waals surface area (Å²) in [5.41, 5.74) is 0.429. The Kier molecular flexibility index (Phi) is 1.59. The molecule has 0 aliphatic carbocycles. The number of H-pyrrole nitrogens is 1. The van der Waals surface area contributed by atoms with Crippen molar-refractivity contribution in [3.05, 3.63) is 24.3 Å². The zero-order valence-electron chi connectivity index (χ0n) is 6.36. The molecule has 68 valence electrons. The number of aromatic nitrogens is 2. The highest BCUT2D eigenvalue weighted by Crippen LogP contribution is 2.20. The van der Waals surface area contributed by atoms with Gasteiger partial charge in [-0.25, -0.2) is 0 Å². The van der Waals surface area contributed by atoms with Crippen LogP contribution in [0.1, 0.15) is 0 Å². The van der Waals surface area contributed by atoms with Gasteiger partial charge in [-0.3, -0.25) is 5.10 Å². The summed E-state index contributed by atoms with van der Waals surface area (Å²) in [5, 5.41) is 5.57. The van der Waals surface area contributed by atoms with Crippen molar-refractivity contribution in [2.45, 2.75) is 5.03 Å². The number of hydrogen-bond acceptors (Lipinski definition) is 3. The molecule has 1 aromatic heterocycles. The van der Waals surface area contributed by atoms with E-state index in [1.807, 2.05) is 0 Å². The Hall–Kier alpha value is -1.43. The van der Waals surface area contributed by atoms with Gasteiger partial charge in [0.15, 0.2) is 5.03 Å². The van der Waals surface area contributed by atoms with Gasteiger partial charge in [-0.1, -0.05) is 16.0 Å². The van der Waals surface area contributed by atoms with Crippen LogP contribution < -0.4 is 0 Å². The SMILES string of the molecule is O=S(=O)(F)c1[nH]nc2ccccc12. The van der Waals surface area contributed by atoms with Crippen LogP contribution in [-0.4, -0.2) is 18.6 Å². The lowest BCUT2D eigenvalue weighted by atomic mass is 10.3. The third-order valence-electron chi connectivity index (χ3n) is 1.67. The first-order valence-electron chi connectivity index (χ1n) is 3.47. The van der Waals surface area contributed by atoms with Crippen molar-refractivity contribution in [1.29, 1.82) is 0 Å². The van der Waals surface area contributed by atoms with Crippen molar-refractivity contribution in [3.8, 4) is 0 Å². The van der Waals surface area contributed by atoms with Crippen LogP contribution in [0.15, 0.2) is 29.3 Å². The van der Waals surface area contributed by atoms with Gasteiger partial charge >= 0.3 is 10.2 Å². The van der Waals surface area contributed by atoms with Crippen molar-refractivity contribution < 1.29 is 12.3 Å². The monoisotopic (exact) mass is 200 g/mol. The summed E-state index contributed by atoms with van der Waals surface area (Å²) in [4.78, 5) is 0. The Bertz CT molecular complexity index is 546. The Morgan fingerprint density at radius 2 is 2.00 bits per heavy atom. The van der Waals surface area contributed by atoms with Crippen molar-refractivity contribution in [2.75, 3.05) is 0 Å². The minimum Gasteiger partial charge on any atom is -0.264 e. The predicted octanol–water partition coefficient (Wildman–Crippen LogP) is 1.22. The Balaban J connectivity index is 2.87. The van der Waals surface area contributed by atoms with Crippen LogP contribution in [0.2, 0.25) is 0 Å². The molecule has 0 fully saturated rings. The summed E-state index contributed by atoms with van der Waals surface area (Å²) in [6, 6.07) is 6.40. The first-order chi connectivity index (χ1) is 6.09. The van der Waals surface area contributed by atoms with Crippen molar-refractivity contribution in [3.63, 3.8) is 0 Å². The number of hydrogen-bond donors (Lipinski definition) is 1. The molecule has 2 rings (SSSR count). The minimum atomic E-state index is -4.70. The number of rotatable bonds is 1. The fraction of sp³-hybridized carbons (Fsp3) is 0. The molecule has 0 saturated heterocycles. The van der Waals surface area contributed by atoms with Crippen molar-refractivity contribution >= 4 is 21.1 Å². The highest BCUT2D eigenvalue weighted by atomic mass is 32.3. The summed E-state index contributed by atoms with van der Waals surface area (Å²) in [7, 11) is -4.70. The topological polar surface area (TPSA) is 62.8 Å². The molecule has 4 nitrogen and oxygen atoms in total. The lowest BCUT2D eigenvalue weighted by Gasteiger charge is -1.88. The highest BCUT2D eigenvalue weighted by Gasteiger charge is 2.18. The summed E-state index contributed by atoms with van der Waals surface area (Å²) in [6.07, 6.45) is 0. The van der Waals surface area contributed by atoms with E-state index < -0.39 is 15.2 Å². The van der Waals surface area contributed by atoms with Crippen LogP contribution >= 0.6 is 0 Å². The maximum Gasteiger partial charge on any atom is 0.349 e. The van der Waals surface area contributed by atoms with Crippen LogP contribution in [0.4, 0.5) is 3.89 Å². The lowest BCUT2D eigenvalue weighted by Crippen LogP contribution is -1.92. The van der Waals surface area contributed by atoms with Gasteiger partial charge in [0.2, 0.25) is 0 Å². The van der Waals surface area contributed by atoms with E-state index in [1.54, 1.807) is 18.2 Å². The van der Waals surface area contributed by atoms with Crippen LogP contribution in [0.5, 0.6) is 0 Å².